The summed E-state index contributed by atoms with van der Waals surface area (Å²) in [4.78, 5) is 22.2. The van der Waals surface area contributed by atoms with Crippen LogP contribution in [-0.4, -0.2) is 23.0 Å². The Bertz CT molecular complexity index is 301. The number of carboxylic acids is 1. The van der Waals surface area contributed by atoms with Crippen molar-refractivity contribution in [3.63, 3.8) is 0 Å². The van der Waals surface area contributed by atoms with E-state index in [1.165, 1.54) is 6.42 Å². The molecule has 0 spiro atoms. The Morgan fingerprint density at radius 1 is 1.28 bits per heavy atom. The van der Waals surface area contributed by atoms with E-state index in [1.54, 1.807) is 0 Å². The van der Waals surface area contributed by atoms with Crippen LogP contribution in [0.1, 0.15) is 52.9 Å². The molecule has 4 nitrogen and oxygen atoms in total. The predicted molar refractivity (Wildman–Crippen MR) is 70.1 cm³/mol. The van der Waals surface area contributed by atoms with Crippen molar-refractivity contribution in [2.45, 2.75) is 58.9 Å². The molecule has 3 unspecified atom stereocenters. The predicted octanol–water partition coefficient (Wildman–Crippen LogP) is 2.43. The highest BCUT2D eigenvalue weighted by atomic mass is 16.4. The number of nitrogens with one attached hydrogen (secondary N) is 1. The van der Waals surface area contributed by atoms with Gasteiger partial charge in [0.05, 0.1) is 6.42 Å². The molecule has 1 amide bonds. The lowest BCUT2D eigenvalue weighted by molar-refractivity contribution is -0.139. The van der Waals surface area contributed by atoms with Gasteiger partial charge in [-0.25, -0.2) is 0 Å². The first-order chi connectivity index (χ1) is 8.40. The maximum absolute atomic E-state index is 11.7. The fraction of sp³-hybridized carbons (Fsp3) is 0.857. The van der Waals surface area contributed by atoms with Gasteiger partial charge in [0.25, 0.3) is 0 Å². The van der Waals surface area contributed by atoms with Crippen LogP contribution in [0.5, 0.6) is 0 Å². The number of amides is 1. The Labute approximate surface area is 109 Å². The van der Waals surface area contributed by atoms with Gasteiger partial charge < -0.3 is 10.4 Å². The number of hydrogen-bond acceptors (Lipinski definition) is 2. The van der Waals surface area contributed by atoms with Crippen LogP contribution < -0.4 is 5.32 Å². The summed E-state index contributed by atoms with van der Waals surface area (Å²) in [5.41, 5.74) is 0. The zero-order valence-corrected chi connectivity index (χ0v) is 11.6. The smallest absolute Gasteiger partial charge is 0.303 e. The van der Waals surface area contributed by atoms with E-state index < -0.39 is 5.97 Å². The minimum Gasteiger partial charge on any atom is -0.481 e. The van der Waals surface area contributed by atoms with Crippen LogP contribution in [0.25, 0.3) is 0 Å². The van der Waals surface area contributed by atoms with Crippen molar-refractivity contribution in [3.05, 3.63) is 0 Å². The zero-order chi connectivity index (χ0) is 13.7. The van der Waals surface area contributed by atoms with Crippen molar-refractivity contribution in [2.24, 2.45) is 17.8 Å². The van der Waals surface area contributed by atoms with Gasteiger partial charge >= 0.3 is 5.97 Å². The molecule has 104 valence electrons. The van der Waals surface area contributed by atoms with E-state index in [-0.39, 0.29) is 24.8 Å². The molecule has 4 heteroatoms. The second kappa shape index (κ2) is 6.76. The first-order valence-electron chi connectivity index (χ1n) is 6.91. The molecular weight excluding hydrogens is 230 g/mol. The van der Waals surface area contributed by atoms with Gasteiger partial charge in [0.15, 0.2) is 0 Å². The third-order valence-electron chi connectivity index (χ3n) is 3.93. The SMILES string of the molecule is CC1CCC(C(C)C)C(NC(=O)CCC(=O)O)C1. The fourth-order valence-electron chi connectivity index (χ4n) is 2.87. The average molecular weight is 255 g/mol. The number of carbonyl (C=O) groups is 2. The summed E-state index contributed by atoms with van der Waals surface area (Å²) in [5.74, 6) is 0.687. The zero-order valence-electron chi connectivity index (χ0n) is 11.6. The van der Waals surface area contributed by atoms with Gasteiger partial charge in [-0.05, 0) is 30.6 Å². The Morgan fingerprint density at radius 2 is 1.94 bits per heavy atom. The maximum atomic E-state index is 11.7. The minimum absolute atomic E-state index is 0.0829. The summed E-state index contributed by atoms with van der Waals surface area (Å²) in [6.07, 6.45) is 3.40. The summed E-state index contributed by atoms with van der Waals surface area (Å²) in [5, 5.41) is 11.6. The van der Waals surface area contributed by atoms with E-state index in [9.17, 15) is 9.59 Å². The van der Waals surface area contributed by atoms with E-state index in [4.69, 9.17) is 5.11 Å². The molecule has 3 atom stereocenters. The van der Waals surface area contributed by atoms with Gasteiger partial charge in [0.2, 0.25) is 5.91 Å². The van der Waals surface area contributed by atoms with Crippen molar-refractivity contribution >= 4 is 11.9 Å². The Kier molecular flexibility index (Phi) is 5.63. The lowest BCUT2D eigenvalue weighted by Crippen LogP contribution is -2.45. The molecule has 1 aliphatic carbocycles. The average Bonchev–Trinajstić information content (AvgIpc) is 2.26. The molecule has 1 rings (SSSR count). The number of carboxylic acid groups (broad SMARTS) is 1. The molecule has 0 saturated heterocycles. The molecule has 0 aliphatic heterocycles. The molecule has 0 bridgehead atoms. The van der Waals surface area contributed by atoms with Crippen molar-refractivity contribution < 1.29 is 14.7 Å². The van der Waals surface area contributed by atoms with Crippen LogP contribution in [-0.2, 0) is 9.59 Å². The lowest BCUT2D eigenvalue weighted by Gasteiger charge is -2.37. The standard InChI is InChI=1S/C14H25NO3/c1-9(2)11-5-4-10(3)8-12(11)15-13(16)6-7-14(17)18/h9-12H,4-8H2,1-3H3,(H,15,16)(H,17,18). The number of aliphatic carboxylic acids is 1. The Hall–Kier alpha value is -1.06. The number of rotatable bonds is 5. The van der Waals surface area contributed by atoms with Crippen LogP contribution in [0.4, 0.5) is 0 Å². The topological polar surface area (TPSA) is 66.4 Å². The summed E-state index contributed by atoms with van der Waals surface area (Å²) >= 11 is 0. The van der Waals surface area contributed by atoms with Crippen LogP contribution in [0, 0.1) is 17.8 Å². The molecule has 2 N–H and O–H groups in total. The second-order valence-electron chi connectivity index (χ2n) is 5.89. The van der Waals surface area contributed by atoms with E-state index in [0.29, 0.717) is 17.8 Å². The van der Waals surface area contributed by atoms with Gasteiger partial charge in [-0.3, -0.25) is 9.59 Å². The summed E-state index contributed by atoms with van der Waals surface area (Å²) in [6, 6.07) is 0.218. The highest BCUT2D eigenvalue weighted by Crippen LogP contribution is 2.33. The molecule has 0 radical (unpaired) electrons. The number of hydrogen-bond donors (Lipinski definition) is 2. The largest absolute Gasteiger partial charge is 0.481 e. The van der Waals surface area contributed by atoms with E-state index in [0.717, 1.165) is 12.8 Å². The summed E-state index contributed by atoms with van der Waals surface area (Å²) < 4.78 is 0. The highest BCUT2D eigenvalue weighted by Gasteiger charge is 2.31. The Morgan fingerprint density at radius 3 is 2.50 bits per heavy atom. The van der Waals surface area contributed by atoms with Gasteiger partial charge in [0, 0.05) is 12.5 Å². The molecule has 1 saturated carbocycles. The molecule has 0 heterocycles. The van der Waals surface area contributed by atoms with E-state index in [1.807, 2.05) is 0 Å². The van der Waals surface area contributed by atoms with Gasteiger partial charge in [-0.1, -0.05) is 27.2 Å². The van der Waals surface area contributed by atoms with Crippen LogP contribution in [0.2, 0.25) is 0 Å². The minimum atomic E-state index is -0.914. The summed E-state index contributed by atoms with van der Waals surface area (Å²) in [7, 11) is 0. The third-order valence-corrected chi connectivity index (χ3v) is 3.93. The van der Waals surface area contributed by atoms with E-state index >= 15 is 0 Å². The third kappa shape index (κ3) is 4.67. The molecular formula is C14H25NO3. The molecule has 0 aromatic rings. The quantitative estimate of drug-likeness (QED) is 0.793. The van der Waals surface area contributed by atoms with Gasteiger partial charge in [0.1, 0.15) is 0 Å². The first-order valence-corrected chi connectivity index (χ1v) is 6.91. The van der Waals surface area contributed by atoms with Crippen molar-refractivity contribution in [1.29, 1.82) is 0 Å². The van der Waals surface area contributed by atoms with Crippen LogP contribution in [0.15, 0.2) is 0 Å². The summed E-state index contributed by atoms with van der Waals surface area (Å²) in [6.45, 7) is 6.60. The monoisotopic (exact) mass is 255 g/mol. The van der Waals surface area contributed by atoms with Crippen LogP contribution in [0.3, 0.4) is 0 Å². The van der Waals surface area contributed by atoms with Crippen molar-refractivity contribution in [3.8, 4) is 0 Å². The fourth-order valence-corrected chi connectivity index (χ4v) is 2.87. The van der Waals surface area contributed by atoms with Crippen LogP contribution >= 0.6 is 0 Å². The van der Waals surface area contributed by atoms with Crippen molar-refractivity contribution in [2.75, 3.05) is 0 Å². The lowest BCUT2D eigenvalue weighted by atomic mass is 9.74. The first kappa shape index (κ1) is 15.0. The molecule has 1 fully saturated rings. The van der Waals surface area contributed by atoms with E-state index in [2.05, 4.69) is 26.1 Å². The molecule has 18 heavy (non-hydrogen) atoms. The molecule has 1 aliphatic rings. The normalized spacial score (nSPS) is 28.1. The Balaban J connectivity index is 2.49. The van der Waals surface area contributed by atoms with Crippen molar-refractivity contribution in [1.82, 2.24) is 5.32 Å². The molecule has 0 aromatic heterocycles. The second-order valence-corrected chi connectivity index (χ2v) is 5.89. The van der Waals surface area contributed by atoms with Gasteiger partial charge in [-0.2, -0.15) is 0 Å². The highest BCUT2D eigenvalue weighted by molar-refractivity contribution is 5.80. The maximum Gasteiger partial charge on any atom is 0.303 e. The molecule has 0 aromatic carbocycles. The van der Waals surface area contributed by atoms with Gasteiger partial charge in [-0.15, -0.1) is 0 Å². The number of carbonyl (C=O) groups excluding carboxylic acids is 1.